The van der Waals surface area contributed by atoms with Crippen molar-refractivity contribution < 1.29 is 19.6 Å². The lowest BCUT2D eigenvalue weighted by Crippen LogP contribution is -2.34. The monoisotopic (exact) mass is 296 g/mol. The number of hydrogen-bond acceptors (Lipinski definition) is 5. The maximum absolute atomic E-state index is 12.1. The van der Waals surface area contributed by atoms with Crippen molar-refractivity contribution in [2.45, 2.75) is 32.2 Å². The minimum Gasteiger partial charge on any atom is -0.476 e. The largest absolute Gasteiger partial charge is 0.476 e. The van der Waals surface area contributed by atoms with Gasteiger partial charge in [0, 0.05) is 13.1 Å². The molecule has 1 aliphatic rings. The lowest BCUT2D eigenvalue weighted by molar-refractivity contribution is -0.385. The number of hydrogen-bond donors (Lipinski definition) is 1. The van der Waals surface area contributed by atoms with Gasteiger partial charge in [0.05, 0.1) is 4.92 Å². The van der Waals surface area contributed by atoms with Gasteiger partial charge in [-0.3, -0.25) is 19.6 Å². The first-order valence-electron chi connectivity index (χ1n) is 6.72. The Bertz CT molecular complexity index is 528. The van der Waals surface area contributed by atoms with Gasteiger partial charge in [-0.05, 0) is 12.8 Å². The van der Waals surface area contributed by atoms with E-state index < -0.39 is 22.3 Å². The van der Waals surface area contributed by atoms with Crippen molar-refractivity contribution in [3.63, 3.8) is 0 Å². The molecule has 114 valence electrons. The van der Waals surface area contributed by atoms with E-state index in [0.29, 0.717) is 13.1 Å². The van der Waals surface area contributed by atoms with Gasteiger partial charge < -0.3 is 10.0 Å². The van der Waals surface area contributed by atoms with Crippen LogP contribution in [0.3, 0.4) is 0 Å². The average molecular weight is 296 g/mol. The number of aromatic nitrogens is 2. The summed E-state index contributed by atoms with van der Waals surface area (Å²) in [6.45, 7) is 1.14. The molecule has 1 N–H and O–H groups in total. The van der Waals surface area contributed by atoms with Crippen molar-refractivity contribution >= 4 is 17.6 Å². The Morgan fingerprint density at radius 2 is 1.90 bits per heavy atom. The highest BCUT2D eigenvalue weighted by Gasteiger charge is 2.26. The molecule has 2 rings (SSSR count). The lowest BCUT2D eigenvalue weighted by atomic mass is 10.2. The molecule has 0 aliphatic carbocycles. The first-order chi connectivity index (χ1) is 9.99. The van der Waals surface area contributed by atoms with Gasteiger partial charge in [-0.15, -0.1) is 0 Å². The maximum atomic E-state index is 12.1. The van der Waals surface area contributed by atoms with E-state index >= 15 is 0 Å². The van der Waals surface area contributed by atoms with Crippen LogP contribution in [0.5, 0.6) is 0 Å². The number of rotatable bonds is 4. The van der Waals surface area contributed by atoms with Crippen LogP contribution in [0, 0.1) is 10.1 Å². The van der Waals surface area contributed by atoms with Crippen LogP contribution >= 0.6 is 0 Å². The fraction of sp³-hybridized carbons (Fsp3) is 0.583. The molecule has 0 radical (unpaired) electrons. The molecule has 0 aromatic carbocycles. The summed E-state index contributed by atoms with van der Waals surface area (Å²) in [5, 5.41) is 23.3. The topological polar surface area (TPSA) is 119 Å². The van der Waals surface area contributed by atoms with Crippen molar-refractivity contribution in [1.82, 2.24) is 14.7 Å². The highest BCUT2D eigenvalue weighted by molar-refractivity contribution is 5.90. The normalized spacial score (nSPS) is 15.5. The van der Waals surface area contributed by atoms with E-state index in [2.05, 4.69) is 5.10 Å². The summed E-state index contributed by atoms with van der Waals surface area (Å²) in [5.41, 5.74) is -1.25. The minimum atomic E-state index is -1.48. The van der Waals surface area contributed by atoms with E-state index in [1.54, 1.807) is 4.90 Å². The van der Waals surface area contributed by atoms with E-state index in [1.165, 1.54) is 0 Å². The summed E-state index contributed by atoms with van der Waals surface area (Å²) in [6, 6.07) is 0. The second-order valence-corrected chi connectivity index (χ2v) is 4.92. The van der Waals surface area contributed by atoms with Crippen LogP contribution in [0.1, 0.15) is 36.2 Å². The summed E-state index contributed by atoms with van der Waals surface area (Å²) in [5.74, 6) is -1.69. The Hall–Kier alpha value is -2.45. The van der Waals surface area contributed by atoms with Gasteiger partial charge >= 0.3 is 11.7 Å². The molecule has 9 heteroatoms. The predicted octanol–water partition coefficient (Wildman–Crippen LogP) is 0.892. The molecule has 2 heterocycles. The summed E-state index contributed by atoms with van der Waals surface area (Å²) in [6.07, 6.45) is 5.02. The molecular weight excluding hydrogens is 280 g/mol. The Balaban J connectivity index is 2.11. The fourth-order valence-electron chi connectivity index (χ4n) is 2.34. The number of likely N-dealkylation sites (tertiary alicyclic amines) is 1. The van der Waals surface area contributed by atoms with Gasteiger partial charge in [0.15, 0.2) is 0 Å². The standard InChI is InChI=1S/C12H16N4O5/c17-10(14-5-3-1-2-4-6-14)8-15-7-9(16(20)21)11(13-15)12(18)19/h7H,1-6,8H2,(H,18,19). The molecule has 1 amide bonds. The highest BCUT2D eigenvalue weighted by atomic mass is 16.6. The van der Waals surface area contributed by atoms with Crippen molar-refractivity contribution in [2.75, 3.05) is 13.1 Å². The van der Waals surface area contributed by atoms with Crippen molar-refractivity contribution in [3.05, 3.63) is 22.0 Å². The van der Waals surface area contributed by atoms with Crippen LogP contribution in [0.2, 0.25) is 0 Å². The minimum absolute atomic E-state index is 0.186. The molecule has 0 unspecified atom stereocenters. The van der Waals surface area contributed by atoms with E-state index in [1.807, 2.05) is 0 Å². The summed E-state index contributed by atoms with van der Waals surface area (Å²) < 4.78 is 1.02. The Morgan fingerprint density at radius 3 is 2.38 bits per heavy atom. The third kappa shape index (κ3) is 3.56. The molecule has 0 spiro atoms. The lowest BCUT2D eigenvalue weighted by Gasteiger charge is -2.19. The smallest absolute Gasteiger partial charge is 0.363 e. The van der Waals surface area contributed by atoms with Gasteiger partial charge in [-0.25, -0.2) is 4.79 Å². The molecule has 1 aromatic heterocycles. The number of carbonyl (C=O) groups excluding carboxylic acids is 1. The van der Waals surface area contributed by atoms with Gasteiger partial charge in [-0.2, -0.15) is 5.10 Å². The first kappa shape index (κ1) is 14.9. The molecule has 21 heavy (non-hydrogen) atoms. The van der Waals surface area contributed by atoms with E-state index in [0.717, 1.165) is 36.6 Å². The van der Waals surface area contributed by atoms with Crippen LogP contribution < -0.4 is 0 Å². The summed E-state index contributed by atoms with van der Waals surface area (Å²) in [7, 11) is 0. The number of nitro groups is 1. The van der Waals surface area contributed by atoms with Crippen molar-refractivity contribution in [3.8, 4) is 0 Å². The molecule has 1 saturated heterocycles. The molecule has 1 fully saturated rings. The predicted molar refractivity (Wildman–Crippen MR) is 70.9 cm³/mol. The third-order valence-corrected chi connectivity index (χ3v) is 3.40. The molecule has 1 aliphatic heterocycles. The first-order valence-corrected chi connectivity index (χ1v) is 6.72. The number of nitrogens with zero attached hydrogens (tertiary/aromatic N) is 4. The van der Waals surface area contributed by atoms with Crippen LogP contribution in [-0.2, 0) is 11.3 Å². The molecule has 0 bridgehead atoms. The Morgan fingerprint density at radius 1 is 1.29 bits per heavy atom. The van der Waals surface area contributed by atoms with E-state index in [-0.39, 0.29) is 12.5 Å². The van der Waals surface area contributed by atoms with Gasteiger partial charge in [0.1, 0.15) is 12.7 Å². The SMILES string of the molecule is O=C(O)c1nn(CC(=O)N2CCCCCC2)cc1[N+](=O)[O-]. The zero-order valence-corrected chi connectivity index (χ0v) is 11.4. The zero-order chi connectivity index (χ0) is 15.4. The van der Waals surface area contributed by atoms with E-state index in [4.69, 9.17) is 5.11 Å². The molecule has 0 saturated carbocycles. The Kier molecular flexibility index (Phi) is 4.51. The summed E-state index contributed by atoms with van der Waals surface area (Å²) in [4.78, 5) is 34.7. The van der Waals surface area contributed by atoms with Crippen molar-refractivity contribution in [2.24, 2.45) is 0 Å². The zero-order valence-electron chi connectivity index (χ0n) is 11.4. The maximum Gasteiger partial charge on any atom is 0.363 e. The number of amides is 1. The van der Waals surface area contributed by atoms with Crippen LogP contribution in [0.25, 0.3) is 0 Å². The van der Waals surface area contributed by atoms with Crippen LogP contribution in [0.15, 0.2) is 6.20 Å². The highest BCUT2D eigenvalue weighted by Crippen LogP contribution is 2.17. The summed E-state index contributed by atoms with van der Waals surface area (Å²) >= 11 is 0. The second kappa shape index (κ2) is 6.33. The second-order valence-electron chi connectivity index (χ2n) is 4.92. The quantitative estimate of drug-likeness (QED) is 0.651. The molecule has 0 atom stereocenters. The number of carboxylic acids is 1. The van der Waals surface area contributed by atoms with Crippen molar-refractivity contribution in [1.29, 1.82) is 0 Å². The number of carbonyl (C=O) groups is 2. The van der Waals surface area contributed by atoms with Gasteiger partial charge in [0.2, 0.25) is 11.6 Å². The van der Waals surface area contributed by atoms with Crippen LogP contribution in [-0.4, -0.2) is 49.7 Å². The number of aromatic carboxylic acids is 1. The van der Waals surface area contributed by atoms with Crippen LogP contribution in [0.4, 0.5) is 5.69 Å². The number of carboxylic acid groups (broad SMARTS) is 1. The molecular formula is C12H16N4O5. The Labute approximate surface area is 120 Å². The van der Waals surface area contributed by atoms with Gasteiger partial charge in [-0.1, -0.05) is 12.8 Å². The van der Waals surface area contributed by atoms with E-state index in [9.17, 15) is 19.7 Å². The molecule has 1 aromatic rings. The molecule has 9 nitrogen and oxygen atoms in total. The van der Waals surface area contributed by atoms with Gasteiger partial charge in [0.25, 0.3) is 0 Å². The third-order valence-electron chi connectivity index (χ3n) is 3.40. The fourth-order valence-corrected chi connectivity index (χ4v) is 2.34. The average Bonchev–Trinajstić information content (AvgIpc) is 2.67.